The van der Waals surface area contributed by atoms with Gasteiger partial charge in [-0.05, 0) is 210 Å². The Morgan fingerprint density at radius 1 is 0.295 bits per heavy atom. The predicted molar refractivity (Wildman–Crippen MR) is 449 cm³/mol. The topological polar surface area (TPSA) is 11.4 Å². The average Bonchev–Trinajstić information content (AvgIpc) is 0.748. The summed E-state index contributed by atoms with van der Waals surface area (Å²) in [5.74, 6) is 0. The summed E-state index contributed by atoms with van der Waals surface area (Å²) in [6.07, 6.45) is 2.33. The lowest BCUT2D eigenvalue weighted by molar-refractivity contribution is 0.590. The van der Waals surface area contributed by atoms with Crippen LogP contribution in [-0.4, -0.2) is 24.4 Å². The lowest BCUT2D eigenvalue weighted by Crippen LogP contribution is -2.62. The fourth-order valence-corrected chi connectivity index (χ4v) is 18.3. The van der Waals surface area contributed by atoms with Crippen LogP contribution in [0.3, 0.4) is 0 Å². The van der Waals surface area contributed by atoms with Crippen molar-refractivity contribution in [2.45, 2.75) is 45.4 Å². The molecule has 0 atom stereocenters. The Bertz CT molecular complexity index is 6190. The number of nitrogens with zero attached hydrogens (tertiary/aromatic N) is 3. The quantitative estimate of drug-likeness (QED) is 0.0611. The molecule has 0 amide bonds. The Morgan fingerprint density at radius 3 is 1.24 bits per heavy atom. The van der Waals surface area contributed by atoms with Crippen molar-refractivity contribution in [1.29, 1.82) is 0 Å². The first-order chi connectivity index (χ1) is 51.7. The first-order valence-corrected chi connectivity index (χ1v) is 37.4. The van der Waals surface area contributed by atoms with Crippen molar-refractivity contribution in [3.8, 4) is 61.3 Å². The summed E-state index contributed by atoms with van der Waals surface area (Å²) >= 11 is 0. The Morgan fingerprint density at radius 2 is 0.724 bits per heavy atom. The van der Waals surface area contributed by atoms with Gasteiger partial charge in [0.1, 0.15) is 0 Å². The van der Waals surface area contributed by atoms with Crippen LogP contribution in [0.1, 0.15) is 48.6 Å². The molecule has 0 bridgehead atoms. The summed E-state index contributed by atoms with van der Waals surface area (Å²) in [6, 6.07) is 131. The fourth-order valence-electron chi connectivity index (χ4n) is 18.3. The molecule has 0 fully saturated rings. The maximum atomic E-state index is 2.77. The highest BCUT2D eigenvalue weighted by atomic mass is 15.2. The average molecular weight is 1340 g/mol. The van der Waals surface area contributed by atoms with E-state index in [1.54, 1.807) is 0 Å². The summed E-state index contributed by atoms with van der Waals surface area (Å²) in [5.41, 5.74) is 31.5. The molecule has 20 rings (SSSR count). The van der Waals surface area contributed by atoms with E-state index in [4.69, 9.17) is 0 Å². The van der Waals surface area contributed by atoms with E-state index in [2.05, 4.69) is 381 Å². The Hall–Kier alpha value is -12.5. The van der Waals surface area contributed by atoms with Gasteiger partial charge in [0.15, 0.2) is 0 Å². The molecule has 4 heteroatoms. The summed E-state index contributed by atoms with van der Waals surface area (Å²) in [6.45, 7) is 8.27. The number of rotatable bonds is 14. The number of hydrogen-bond donors (Lipinski definition) is 0. The molecule has 1 aromatic heterocycles. The number of benzene rings is 17. The molecule has 0 saturated heterocycles. The van der Waals surface area contributed by atoms with E-state index in [0.717, 1.165) is 38.0 Å². The van der Waals surface area contributed by atoms with E-state index < -0.39 is 0 Å². The third-order valence-corrected chi connectivity index (χ3v) is 23.1. The Labute approximate surface area is 614 Å². The first kappa shape index (κ1) is 62.3. The zero-order valence-electron chi connectivity index (χ0n) is 59.4. The largest absolute Gasteiger partial charge is 0.342 e. The monoisotopic (exact) mass is 1340 g/mol. The van der Waals surface area contributed by atoms with Crippen molar-refractivity contribution < 1.29 is 0 Å². The lowest BCUT2D eigenvalue weighted by atomic mass is 9.33. The maximum Gasteiger partial charge on any atom is 0.252 e. The molecule has 17 aromatic carbocycles. The predicted octanol–water partition coefficient (Wildman–Crippen LogP) is 24.0. The van der Waals surface area contributed by atoms with Crippen LogP contribution in [0.5, 0.6) is 0 Å². The van der Waals surface area contributed by atoms with Crippen LogP contribution < -0.4 is 26.2 Å². The van der Waals surface area contributed by atoms with Crippen molar-refractivity contribution >= 4 is 111 Å². The molecule has 18 aromatic rings. The molecule has 0 aliphatic carbocycles. The second kappa shape index (κ2) is 25.2. The van der Waals surface area contributed by atoms with Crippen LogP contribution in [0, 0.1) is 0 Å². The van der Waals surface area contributed by atoms with Crippen LogP contribution in [0.2, 0.25) is 0 Å². The number of hydrogen-bond acceptors (Lipinski definition) is 2. The Kier molecular flexibility index (Phi) is 14.9. The van der Waals surface area contributed by atoms with Gasteiger partial charge in [0.2, 0.25) is 0 Å². The number of aromatic nitrogens is 1. The van der Waals surface area contributed by atoms with Gasteiger partial charge in [-0.15, -0.1) is 0 Å². The highest BCUT2D eigenvalue weighted by Crippen LogP contribution is 2.47. The maximum absolute atomic E-state index is 2.77. The summed E-state index contributed by atoms with van der Waals surface area (Å²) < 4.78 is 2.51. The highest BCUT2D eigenvalue weighted by Gasteiger charge is 2.43. The second-order valence-corrected chi connectivity index (χ2v) is 30.0. The number of fused-ring (bicyclic) bond motifs is 9. The molecule has 0 N–H and O–H groups in total. The number of para-hydroxylation sites is 2. The zero-order valence-corrected chi connectivity index (χ0v) is 59.4. The van der Waals surface area contributed by atoms with Gasteiger partial charge < -0.3 is 14.4 Å². The zero-order chi connectivity index (χ0) is 69.9. The standard InChI is InChI=1S/C101H76BN3/c1-101(2,3)74-50-47-66(48-51-74)61-67-62-96-100-97(63-67)104(60-58-82-78(70-29-12-6-13-30-70)39-23-40-79(82)71-31-14-7-15-32-71)95-65-75(105-92-45-18-16-35-83(92)84-36-17-19-46-93(84)105)52-56-91(95)102(100)90-55-49-73(80-53-54-89-87-42-21-34-72-33-20-41-86(98(72)87)88-44-24-43-85(80)99(88)89)64-94(90)103(96)59-57-81-76(68-25-8-4-9-26-68)37-22-38-77(81)69-27-10-5-11-28-69/h4-56,62-65H,57-61H2,1-3H3. The van der Waals surface area contributed by atoms with E-state index in [9.17, 15) is 0 Å². The highest BCUT2D eigenvalue weighted by molar-refractivity contribution is 7.00. The van der Waals surface area contributed by atoms with Gasteiger partial charge in [0.05, 0.1) is 11.0 Å². The second-order valence-electron chi connectivity index (χ2n) is 30.0. The van der Waals surface area contributed by atoms with Gasteiger partial charge in [0.25, 0.3) is 6.71 Å². The molecular formula is C101H76BN3. The molecule has 105 heavy (non-hydrogen) atoms. The summed E-state index contributed by atoms with van der Waals surface area (Å²) in [5, 5.41) is 12.9. The molecule has 3 heterocycles. The normalized spacial score (nSPS) is 12.7. The molecule has 2 aliphatic rings. The van der Waals surface area contributed by atoms with Gasteiger partial charge in [0, 0.05) is 52.3 Å². The molecule has 2 aliphatic heterocycles. The van der Waals surface area contributed by atoms with Crippen LogP contribution >= 0.6 is 0 Å². The summed E-state index contributed by atoms with van der Waals surface area (Å²) in [7, 11) is 0. The van der Waals surface area contributed by atoms with Crippen molar-refractivity contribution in [2.75, 3.05) is 22.9 Å². The van der Waals surface area contributed by atoms with E-state index in [1.165, 1.54) is 187 Å². The van der Waals surface area contributed by atoms with Crippen LogP contribution in [0.4, 0.5) is 22.7 Å². The van der Waals surface area contributed by atoms with Crippen LogP contribution in [-0.2, 0) is 24.7 Å². The SMILES string of the molecule is CC(C)(C)c1ccc(Cc2cc3c4c(c2)N(CCc2c(-c5ccccc5)cccc2-c2ccccc2)c2cc(-n5c6ccccc6c6ccccc65)ccc2B4c2ccc(-c4ccc5c6cccc7cccc(c8cccc4c85)c76)cc2N3CCc2c(-c3ccccc3)cccc2-c2ccccc2)cc1. The van der Waals surface area contributed by atoms with Crippen molar-refractivity contribution in [1.82, 2.24) is 4.57 Å². The van der Waals surface area contributed by atoms with Gasteiger partial charge >= 0.3 is 0 Å². The minimum atomic E-state index is -0.116. The molecular weight excluding hydrogens is 1270 g/mol. The van der Waals surface area contributed by atoms with E-state index in [-0.39, 0.29) is 12.1 Å². The summed E-state index contributed by atoms with van der Waals surface area (Å²) in [4.78, 5) is 5.53. The lowest BCUT2D eigenvalue weighted by Gasteiger charge is -2.45. The van der Waals surface area contributed by atoms with E-state index in [1.807, 2.05) is 0 Å². The first-order valence-electron chi connectivity index (χ1n) is 37.4. The van der Waals surface area contributed by atoms with Gasteiger partial charge in [-0.25, -0.2) is 0 Å². The van der Waals surface area contributed by atoms with Crippen LogP contribution in [0.25, 0.3) is 126 Å². The molecule has 0 saturated carbocycles. The molecule has 498 valence electrons. The van der Waals surface area contributed by atoms with Crippen molar-refractivity contribution in [3.63, 3.8) is 0 Å². The molecule has 0 spiro atoms. The molecule has 3 nitrogen and oxygen atoms in total. The van der Waals surface area contributed by atoms with Crippen molar-refractivity contribution in [3.05, 3.63) is 374 Å². The van der Waals surface area contributed by atoms with Crippen molar-refractivity contribution in [2.24, 2.45) is 0 Å². The Balaban J connectivity index is 0.849. The van der Waals surface area contributed by atoms with E-state index in [0.29, 0.717) is 0 Å². The fraction of sp³-hybridized carbons (Fsp3) is 0.0891. The minimum absolute atomic E-state index is 0.0213. The molecule has 0 unspecified atom stereocenters. The smallest absolute Gasteiger partial charge is 0.252 e. The molecule has 0 radical (unpaired) electrons. The minimum Gasteiger partial charge on any atom is -0.342 e. The third-order valence-electron chi connectivity index (χ3n) is 23.1. The van der Waals surface area contributed by atoms with Gasteiger partial charge in [-0.1, -0.05) is 324 Å². The van der Waals surface area contributed by atoms with Crippen LogP contribution in [0.15, 0.2) is 346 Å². The van der Waals surface area contributed by atoms with E-state index >= 15 is 0 Å². The number of anilines is 4. The van der Waals surface area contributed by atoms with Gasteiger partial charge in [-0.3, -0.25) is 0 Å². The third kappa shape index (κ3) is 10.5. The van der Waals surface area contributed by atoms with Gasteiger partial charge in [-0.2, -0.15) is 0 Å².